The first-order valence-corrected chi connectivity index (χ1v) is 5.86. The Kier molecular flexibility index (Phi) is 4.16. The average molecular weight is 175 g/mol. The molecule has 0 spiro atoms. The molecule has 2 heteroatoms. The third kappa shape index (κ3) is 2.86. The largest absolute Gasteiger partial charge is 0.294 e. The van der Waals surface area contributed by atoms with Gasteiger partial charge in [-0.1, -0.05) is 6.92 Å². The summed E-state index contributed by atoms with van der Waals surface area (Å²) in [4.78, 5) is 11.2. The van der Waals surface area contributed by atoms with Gasteiger partial charge in [-0.2, -0.15) is 0 Å². The number of ketones is 1. The highest BCUT2D eigenvalue weighted by atomic mass is 32.2. The molecule has 0 bridgehead atoms. The Morgan fingerprint density at radius 3 is 2.18 bits per heavy atom. The molecule has 1 atom stereocenters. The van der Waals surface area contributed by atoms with Gasteiger partial charge in [-0.05, 0) is 38.1 Å². The van der Waals surface area contributed by atoms with E-state index < -0.39 is 0 Å². The van der Waals surface area contributed by atoms with Gasteiger partial charge in [-0.25, -0.2) is 0 Å². The molecule has 66 valence electrons. The molecule has 0 radical (unpaired) electrons. The van der Waals surface area contributed by atoms with E-state index in [0.717, 1.165) is 0 Å². The second-order valence-corrected chi connectivity index (χ2v) is 6.11. The van der Waals surface area contributed by atoms with E-state index in [1.165, 1.54) is 12.2 Å². The number of carbonyl (C=O) groups excluding carboxylic acids is 1. The second-order valence-electron chi connectivity index (χ2n) is 3.41. The zero-order valence-electron chi connectivity index (χ0n) is 8.23. The highest BCUT2D eigenvalue weighted by Gasteiger charge is 2.38. The van der Waals surface area contributed by atoms with Crippen LogP contribution in [0, 0.1) is 0 Å². The van der Waals surface area contributed by atoms with E-state index in [9.17, 15) is 4.79 Å². The maximum absolute atomic E-state index is 11.2. The summed E-state index contributed by atoms with van der Waals surface area (Å²) < 4.78 is -0.101. The molecule has 1 unspecified atom stereocenters. The Bertz CT molecular complexity index is 140. The van der Waals surface area contributed by atoms with Gasteiger partial charge in [0.25, 0.3) is 0 Å². The van der Waals surface area contributed by atoms with Crippen molar-refractivity contribution < 1.29 is 4.79 Å². The maximum atomic E-state index is 11.2. The Labute approximate surface area is 72.9 Å². The topological polar surface area (TPSA) is 17.1 Å². The van der Waals surface area contributed by atoms with Gasteiger partial charge in [0.05, 0.1) is 6.26 Å². The van der Waals surface area contributed by atoms with Crippen molar-refractivity contribution in [2.24, 2.45) is 0 Å². The average Bonchev–Trinajstić information content (AvgIpc) is 1.88. The van der Waals surface area contributed by atoms with E-state index in [-0.39, 0.29) is 15.6 Å². The Balaban J connectivity index is 4.17. The fourth-order valence-corrected chi connectivity index (χ4v) is 2.42. The molecule has 0 aromatic heterocycles. The molecule has 0 aliphatic heterocycles. The summed E-state index contributed by atoms with van der Waals surface area (Å²) >= 11 is 0. The van der Waals surface area contributed by atoms with E-state index in [1.54, 1.807) is 6.92 Å². The molecular formula is C9H19OS+. The van der Waals surface area contributed by atoms with E-state index >= 15 is 0 Å². The molecule has 0 N–H and O–H groups in total. The molecule has 0 aliphatic carbocycles. The molecule has 0 heterocycles. The van der Waals surface area contributed by atoms with Crippen LogP contribution in [0.15, 0.2) is 0 Å². The molecule has 11 heavy (non-hydrogen) atoms. The molecule has 0 saturated heterocycles. The molecule has 0 amide bonds. The fraction of sp³-hybridized carbons (Fsp3) is 0.889. The fourth-order valence-electron chi connectivity index (χ4n) is 0.807. The molecule has 0 rings (SSSR count). The first-order valence-electron chi connectivity index (χ1n) is 4.06. The highest BCUT2D eigenvalue weighted by molar-refractivity contribution is 7.98. The molecule has 1 nitrogen and oxygen atoms in total. The molecule has 0 aliphatic rings. The van der Waals surface area contributed by atoms with Gasteiger partial charge in [0.1, 0.15) is 5.75 Å². The van der Waals surface area contributed by atoms with Crippen LogP contribution >= 0.6 is 0 Å². The lowest BCUT2D eigenvalue weighted by atomic mass is 10.1. The van der Waals surface area contributed by atoms with Gasteiger partial charge >= 0.3 is 0 Å². The standard InChI is InChI=1S/C9H19OS/c1-6-7-11(5)9(3,4)8(2)10/h6-7H2,1-5H3/q+1. The molecule has 0 aromatic carbocycles. The summed E-state index contributed by atoms with van der Waals surface area (Å²) in [6, 6.07) is 0. The predicted molar refractivity (Wildman–Crippen MR) is 53.2 cm³/mol. The zero-order chi connectivity index (χ0) is 9.07. The number of rotatable bonds is 4. The van der Waals surface area contributed by atoms with Gasteiger partial charge in [0.2, 0.25) is 0 Å². The minimum Gasteiger partial charge on any atom is -0.294 e. The zero-order valence-corrected chi connectivity index (χ0v) is 9.05. The lowest BCUT2D eigenvalue weighted by Gasteiger charge is -2.19. The van der Waals surface area contributed by atoms with Gasteiger partial charge in [0, 0.05) is 0 Å². The van der Waals surface area contributed by atoms with Crippen LogP contribution in [0.4, 0.5) is 0 Å². The van der Waals surface area contributed by atoms with Crippen molar-refractivity contribution in [3.05, 3.63) is 0 Å². The normalized spacial score (nSPS) is 14.6. The first kappa shape index (κ1) is 11.0. The molecule has 0 aromatic rings. The lowest BCUT2D eigenvalue weighted by molar-refractivity contribution is -0.118. The summed E-state index contributed by atoms with van der Waals surface area (Å²) in [6.45, 7) is 7.96. The summed E-state index contributed by atoms with van der Waals surface area (Å²) in [5, 5.41) is 0. The van der Waals surface area contributed by atoms with Crippen molar-refractivity contribution in [3.63, 3.8) is 0 Å². The Morgan fingerprint density at radius 1 is 1.45 bits per heavy atom. The summed E-state index contributed by atoms with van der Waals surface area (Å²) in [6.07, 6.45) is 3.36. The first-order chi connectivity index (χ1) is 4.92. The van der Waals surface area contributed by atoms with Crippen LogP contribution in [0.3, 0.4) is 0 Å². The lowest BCUT2D eigenvalue weighted by Crippen LogP contribution is -2.39. The predicted octanol–water partition coefficient (Wildman–Crippen LogP) is 2.01. The monoisotopic (exact) mass is 175 g/mol. The summed E-state index contributed by atoms with van der Waals surface area (Å²) in [7, 11) is 0.240. The van der Waals surface area contributed by atoms with Crippen molar-refractivity contribution >= 4 is 16.7 Å². The van der Waals surface area contributed by atoms with E-state index in [4.69, 9.17) is 0 Å². The quantitative estimate of drug-likeness (QED) is 0.597. The van der Waals surface area contributed by atoms with Crippen LogP contribution in [0.2, 0.25) is 0 Å². The van der Waals surface area contributed by atoms with Crippen LogP contribution in [0.5, 0.6) is 0 Å². The Hall–Kier alpha value is 0.0200. The van der Waals surface area contributed by atoms with Gasteiger partial charge in [0.15, 0.2) is 10.5 Å². The van der Waals surface area contributed by atoms with E-state index in [1.807, 2.05) is 13.8 Å². The SMILES string of the molecule is CCC[S+](C)C(C)(C)C(C)=O. The van der Waals surface area contributed by atoms with Crippen molar-refractivity contribution in [1.29, 1.82) is 0 Å². The van der Waals surface area contributed by atoms with Crippen LogP contribution in [0.25, 0.3) is 0 Å². The van der Waals surface area contributed by atoms with Gasteiger partial charge in [-0.3, -0.25) is 4.79 Å². The van der Waals surface area contributed by atoms with E-state index in [0.29, 0.717) is 5.78 Å². The maximum Gasteiger partial charge on any atom is 0.184 e. The van der Waals surface area contributed by atoms with Crippen LogP contribution in [-0.4, -0.2) is 22.5 Å². The van der Waals surface area contributed by atoms with Crippen molar-refractivity contribution in [3.8, 4) is 0 Å². The minimum absolute atomic E-state index is 0.101. The number of hydrogen-bond donors (Lipinski definition) is 0. The van der Waals surface area contributed by atoms with Crippen LogP contribution in [-0.2, 0) is 15.7 Å². The van der Waals surface area contributed by atoms with E-state index in [2.05, 4.69) is 13.2 Å². The van der Waals surface area contributed by atoms with Gasteiger partial charge < -0.3 is 0 Å². The Morgan fingerprint density at radius 2 is 1.91 bits per heavy atom. The van der Waals surface area contributed by atoms with Crippen molar-refractivity contribution in [2.75, 3.05) is 12.0 Å². The smallest absolute Gasteiger partial charge is 0.184 e. The highest BCUT2D eigenvalue weighted by Crippen LogP contribution is 2.19. The summed E-state index contributed by atoms with van der Waals surface area (Å²) in [5.74, 6) is 1.49. The van der Waals surface area contributed by atoms with Gasteiger partial charge in [-0.15, -0.1) is 0 Å². The minimum atomic E-state index is -0.101. The second kappa shape index (κ2) is 4.15. The molecular weight excluding hydrogens is 156 g/mol. The van der Waals surface area contributed by atoms with Crippen LogP contribution in [0.1, 0.15) is 34.1 Å². The van der Waals surface area contributed by atoms with Crippen LogP contribution < -0.4 is 0 Å². The number of hydrogen-bond acceptors (Lipinski definition) is 1. The number of Topliss-reactive ketones (excluding diaryl/α,β-unsaturated/α-hetero) is 1. The summed E-state index contributed by atoms with van der Waals surface area (Å²) in [5.41, 5.74) is 0. The van der Waals surface area contributed by atoms with Crippen molar-refractivity contribution in [1.82, 2.24) is 0 Å². The van der Waals surface area contributed by atoms with Crippen molar-refractivity contribution in [2.45, 2.75) is 38.9 Å². The third-order valence-electron chi connectivity index (χ3n) is 2.23. The molecule has 0 saturated carbocycles. The molecule has 0 fully saturated rings. The third-order valence-corrected chi connectivity index (χ3v) is 5.28. The number of carbonyl (C=O) groups is 1.